The van der Waals surface area contributed by atoms with Gasteiger partial charge < -0.3 is 9.84 Å². The Balaban J connectivity index is 2.66. The number of aliphatic carboxylic acids is 1. The van der Waals surface area contributed by atoms with Gasteiger partial charge >= 0.3 is 11.9 Å². The molecule has 0 fully saturated rings. The van der Waals surface area contributed by atoms with E-state index in [9.17, 15) is 14.7 Å². The molecule has 1 N–H and O–H groups in total. The first kappa shape index (κ1) is 14.9. The summed E-state index contributed by atoms with van der Waals surface area (Å²) in [5.41, 5.74) is 0.807. The lowest BCUT2D eigenvalue weighted by atomic mass is 9.96. The number of aromatic nitrogens is 2. The summed E-state index contributed by atoms with van der Waals surface area (Å²) in [6.07, 6.45) is 1.90. The quantitative estimate of drug-likeness (QED) is 0.850. The number of pyridine rings is 2. The molecule has 2 aromatic rings. The average Bonchev–Trinajstić information content (AvgIpc) is 2.47. The lowest BCUT2D eigenvalue weighted by Crippen LogP contribution is -2.18. The Labute approximate surface area is 121 Å². The van der Waals surface area contributed by atoms with Crippen LogP contribution in [-0.2, 0) is 9.53 Å². The minimum Gasteiger partial charge on any atom is -0.481 e. The van der Waals surface area contributed by atoms with E-state index in [1.54, 1.807) is 38.2 Å². The van der Waals surface area contributed by atoms with Crippen LogP contribution in [0.4, 0.5) is 0 Å². The molecule has 0 aliphatic rings. The number of hydrogen-bond acceptors (Lipinski definition) is 5. The third-order valence-corrected chi connectivity index (χ3v) is 3.15. The van der Waals surface area contributed by atoms with Gasteiger partial charge in [-0.05, 0) is 31.5 Å². The Morgan fingerprint density at radius 3 is 2.76 bits per heavy atom. The maximum absolute atomic E-state index is 12.1. The molecular formula is C15H16N2O4. The summed E-state index contributed by atoms with van der Waals surface area (Å²) >= 11 is 0. The van der Waals surface area contributed by atoms with E-state index in [2.05, 4.69) is 9.97 Å². The van der Waals surface area contributed by atoms with Crippen LogP contribution in [0, 0.1) is 0 Å². The molecular weight excluding hydrogens is 272 g/mol. The number of esters is 1. The van der Waals surface area contributed by atoms with E-state index in [4.69, 9.17) is 4.74 Å². The van der Waals surface area contributed by atoms with Gasteiger partial charge in [0.25, 0.3) is 0 Å². The van der Waals surface area contributed by atoms with Crippen molar-refractivity contribution in [2.24, 2.45) is 0 Å². The summed E-state index contributed by atoms with van der Waals surface area (Å²) in [5.74, 6) is -2.45. The highest BCUT2D eigenvalue weighted by Crippen LogP contribution is 2.25. The number of ether oxygens (including phenoxy) is 1. The second kappa shape index (κ2) is 6.30. The van der Waals surface area contributed by atoms with E-state index in [1.807, 2.05) is 0 Å². The maximum atomic E-state index is 12.1. The average molecular weight is 288 g/mol. The minimum absolute atomic E-state index is 0.187. The van der Waals surface area contributed by atoms with Crippen molar-refractivity contribution < 1.29 is 19.4 Å². The van der Waals surface area contributed by atoms with Crippen molar-refractivity contribution in [3.63, 3.8) is 0 Å². The molecule has 0 saturated heterocycles. The van der Waals surface area contributed by atoms with E-state index in [0.29, 0.717) is 17.5 Å². The Hall–Kier alpha value is -2.50. The highest BCUT2D eigenvalue weighted by molar-refractivity contribution is 5.96. The molecule has 2 heterocycles. The highest BCUT2D eigenvalue weighted by atomic mass is 16.5. The first-order valence-corrected chi connectivity index (χ1v) is 6.74. The fraction of sp³-hybridized carbons (Fsp3) is 0.333. The van der Waals surface area contributed by atoms with Crippen molar-refractivity contribution in [3.8, 4) is 0 Å². The van der Waals surface area contributed by atoms with E-state index >= 15 is 0 Å². The van der Waals surface area contributed by atoms with Crippen LogP contribution >= 0.6 is 0 Å². The molecule has 21 heavy (non-hydrogen) atoms. The number of rotatable bonds is 5. The molecule has 6 heteroatoms. The normalized spacial score (nSPS) is 12.1. The summed E-state index contributed by atoms with van der Waals surface area (Å²) in [6.45, 7) is 3.65. The molecule has 0 saturated carbocycles. The van der Waals surface area contributed by atoms with Crippen molar-refractivity contribution in [2.45, 2.75) is 26.2 Å². The van der Waals surface area contributed by atoms with Gasteiger partial charge in [0, 0.05) is 11.6 Å². The molecule has 0 amide bonds. The van der Waals surface area contributed by atoms with Crippen LogP contribution in [0.15, 0.2) is 24.4 Å². The van der Waals surface area contributed by atoms with E-state index < -0.39 is 17.9 Å². The summed E-state index contributed by atoms with van der Waals surface area (Å²) in [7, 11) is 0. The largest absolute Gasteiger partial charge is 0.481 e. The zero-order valence-electron chi connectivity index (χ0n) is 11.9. The summed E-state index contributed by atoms with van der Waals surface area (Å²) in [4.78, 5) is 31.9. The van der Waals surface area contributed by atoms with Crippen LogP contribution in [-0.4, -0.2) is 33.6 Å². The number of carbonyl (C=O) groups excluding carboxylic acids is 1. The molecule has 2 aromatic heterocycles. The van der Waals surface area contributed by atoms with Gasteiger partial charge in [-0.25, -0.2) is 14.8 Å². The molecule has 1 unspecified atom stereocenters. The Bertz CT molecular complexity index is 684. The third kappa shape index (κ3) is 2.99. The molecule has 2 rings (SSSR count). The van der Waals surface area contributed by atoms with Crippen molar-refractivity contribution in [2.75, 3.05) is 6.61 Å². The van der Waals surface area contributed by atoms with Crippen LogP contribution in [0.25, 0.3) is 11.0 Å². The van der Waals surface area contributed by atoms with Crippen LogP contribution in [0.2, 0.25) is 0 Å². The fourth-order valence-corrected chi connectivity index (χ4v) is 2.14. The van der Waals surface area contributed by atoms with Gasteiger partial charge in [-0.1, -0.05) is 6.92 Å². The predicted octanol–water partition coefficient (Wildman–Crippen LogP) is 2.38. The number of hydrogen-bond donors (Lipinski definition) is 1. The van der Waals surface area contributed by atoms with Gasteiger partial charge in [-0.3, -0.25) is 4.79 Å². The number of carboxylic acids is 1. The molecule has 0 radical (unpaired) electrons. The smallest absolute Gasteiger partial charge is 0.340 e. The Morgan fingerprint density at radius 1 is 1.38 bits per heavy atom. The van der Waals surface area contributed by atoms with Crippen molar-refractivity contribution in [1.29, 1.82) is 0 Å². The van der Waals surface area contributed by atoms with E-state index in [1.165, 1.54) is 0 Å². The summed E-state index contributed by atoms with van der Waals surface area (Å²) in [6, 6.07) is 5.09. The first-order valence-electron chi connectivity index (χ1n) is 6.74. The van der Waals surface area contributed by atoms with Crippen LogP contribution in [0.3, 0.4) is 0 Å². The molecule has 0 spiro atoms. The zero-order valence-corrected chi connectivity index (χ0v) is 11.9. The lowest BCUT2D eigenvalue weighted by molar-refractivity contribution is -0.138. The molecule has 0 aromatic carbocycles. The predicted molar refractivity (Wildman–Crippen MR) is 76.2 cm³/mol. The second-order valence-corrected chi connectivity index (χ2v) is 4.49. The third-order valence-electron chi connectivity index (χ3n) is 3.15. The van der Waals surface area contributed by atoms with Gasteiger partial charge in [-0.2, -0.15) is 0 Å². The maximum Gasteiger partial charge on any atom is 0.340 e. The van der Waals surface area contributed by atoms with Gasteiger partial charge in [0.15, 0.2) is 5.65 Å². The van der Waals surface area contributed by atoms with E-state index in [-0.39, 0.29) is 17.9 Å². The van der Waals surface area contributed by atoms with E-state index in [0.717, 1.165) is 0 Å². The molecule has 0 bridgehead atoms. The Kier molecular flexibility index (Phi) is 4.47. The van der Waals surface area contributed by atoms with Crippen LogP contribution < -0.4 is 0 Å². The monoisotopic (exact) mass is 288 g/mol. The molecule has 6 nitrogen and oxygen atoms in total. The van der Waals surface area contributed by atoms with Gasteiger partial charge in [0.2, 0.25) is 0 Å². The number of fused-ring (bicyclic) bond motifs is 1. The summed E-state index contributed by atoms with van der Waals surface area (Å²) < 4.78 is 5.00. The zero-order chi connectivity index (χ0) is 15.4. The molecule has 110 valence electrons. The van der Waals surface area contributed by atoms with Crippen molar-refractivity contribution in [3.05, 3.63) is 35.7 Å². The number of carbonyl (C=O) groups is 2. The van der Waals surface area contributed by atoms with Crippen LogP contribution in [0.5, 0.6) is 0 Å². The van der Waals surface area contributed by atoms with Crippen molar-refractivity contribution >= 4 is 23.0 Å². The minimum atomic E-state index is -1.02. The SMILES string of the molecule is CCOC(=O)c1cc2cccnc2nc1C(CC)C(=O)O. The molecule has 0 aliphatic heterocycles. The van der Waals surface area contributed by atoms with Gasteiger partial charge in [-0.15, -0.1) is 0 Å². The topological polar surface area (TPSA) is 89.4 Å². The van der Waals surface area contributed by atoms with Crippen molar-refractivity contribution in [1.82, 2.24) is 9.97 Å². The molecule has 1 atom stereocenters. The number of carboxylic acid groups (broad SMARTS) is 1. The number of nitrogens with zero attached hydrogens (tertiary/aromatic N) is 2. The van der Waals surface area contributed by atoms with Gasteiger partial charge in [0.05, 0.1) is 23.8 Å². The Morgan fingerprint density at radius 2 is 2.14 bits per heavy atom. The fourth-order valence-electron chi connectivity index (χ4n) is 2.14. The van der Waals surface area contributed by atoms with Crippen LogP contribution in [0.1, 0.15) is 42.2 Å². The summed E-state index contributed by atoms with van der Waals surface area (Å²) in [5, 5.41) is 9.99. The highest BCUT2D eigenvalue weighted by Gasteiger charge is 2.26. The van der Waals surface area contributed by atoms with Gasteiger partial charge in [0.1, 0.15) is 0 Å². The molecule has 0 aliphatic carbocycles. The second-order valence-electron chi connectivity index (χ2n) is 4.49. The first-order chi connectivity index (χ1) is 10.1. The standard InChI is InChI=1S/C15H16N2O4/c1-3-10(14(18)19)12-11(15(20)21-4-2)8-9-6-5-7-16-13(9)17-12/h5-8,10H,3-4H2,1-2H3,(H,18,19). The lowest BCUT2D eigenvalue weighted by Gasteiger charge is -2.14.